The summed E-state index contributed by atoms with van der Waals surface area (Å²) in [6.45, 7) is 6.78. The third kappa shape index (κ3) is 4.51. The number of piperazine rings is 1. The van der Waals surface area contributed by atoms with Crippen molar-refractivity contribution in [3.8, 4) is 22.8 Å². The van der Waals surface area contributed by atoms with Gasteiger partial charge in [-0.2, -0.15) is 5.10 Å². The lowest BCUT2D eigenvalue weighted by molar-refractivity contribution is 0.220. The third-order valence-corrected chi connectivity index (χ3v) is 7.90. The topological polar surface area (TPSA) is 106 Å². The van der Waals surface area contributed by atoms with Gasteiger partial charge in [-0.1, -0.05) is 6.42 Å². The first kappa shape index (κ1) is 24.1. The van der Waals surface area contributed by atoms with Crippen LogP contribution in [0.3, 0.4) is 0 Å². The Labute approximate surface area is 225 Å². The number of nitrogens with one attached hydrogen (secondary N) is 2. The molecule has 0 amide bonds. The molecule has 0 aromatic carbocycles. The van der Waals surface area contributed by atoms with Gasteiger partial charge in [-0.3, -0.25) is 20.0 Å². The average Bonchev–Trinajstić information content (AvgIpc) is 3.59. The predicted molar refractivity (Wildman–Crippen MR) is 149 cm³/mol. The van der Waals surface area contributed by atoms with Crippen LogP contribution in [0.15, 0.2) is 36.9 Å². The first-order chi connectivity index (χ1) is 19.1. The molecule has 39 heavy (non-hydrogen) atoms. The van der Waals surface area contributed by atoms with Crippen LogP contribution in [0.4, 0.5) is 10.1 Å². The molecule has 7 rings (SSSR count). The summed E-state index contributed by atoms with van der Waals surface area (Å²) in [5, 5.41) is 7.71. The maximum atomic E-state index is 16.2. The van der Waals surface area contributed by atoms with Gasteiger partial charge in [0.15, 0.2) is 17.3 Å². The van der Waals surface area contributed by atoms with E-state index in [1.54, 1.807) is 18.6 Å². The van der Waals surface area contributed by atoms with Crippen molar-refractivity contribution in [1.29, 1.82) is 0 Å². The van der Waals surface area contributed by atoms with Gasteiger partial charge in [-0.15, -0.1) is 0 Å². The Morgan fingerprint density at radius 3 is 2.64 bits per heavy atom. The molecular weight excluding hydrogens is 495 g/mol. The third-order valence-electron chi connectivity index (χ3n) is 7.90. The fraction of sp³-hybridized carbons (Fsp3) is 0.393. The number of likely N-dealkylation sites (N-methyl/N-ethyl adjacent to an activating group) is 1. The van der Waals surface area contributed by atoms with Crippen LogP contribution in [0.2, 0.25) is 0 Å². The molecule has 5 aromatic heterocycles. The number of H-pyrrole nitrogens is 2. The highest BCUT2D eigenvalue weighted by molar-refractivity contribution is 5.96. The van der Waals surface area contributed by atoms with Crippen molar-refractivity contribution in [2.24, 2.45) is 0 Å². The van der Waals surface area contributed by atoms with Gasteiger partial charge in [-0.25, -0.2) is 14.4 Å². The van der Waals surface area contributed by atoms with Gasteiger partial charge in [0.05, 0.1) is 22.8 Å². The summed E-state index contributed by atoms with van der Waals surface area (Å²) in [5.74, 6) is 0.0271. The molecule has 0 aliphatic carbocycles. The Morgan fingerprint density at radius 2 is 1.79 bits per heavy atom. The number of nitrogens with zero attached hydrogens (tertiary/aromatic N) is 8. The minimum absolute atomic E-state index is 0.255. The summed E-state index contributed by atoms with van der Waals surface area (Å²) in [7, 11) is 2.13. The first-order valence-corrected chi connectivity index (χ1v) is 13.6. The SMILES string of the molecule is CN1CCN(c2ccnc3[nH]c(-c4n[nH]c5cnc(-c6cncc(CN7CCCCC7)c6)c(F)c45)nc23)CC1. The fourth-order valence-corrected chi connectivity index (χ4v) is 5.74. The van der Waals surface area contributed by atoms with Crippen molar-refractivity contribution in [2.75, 3.05) is 51.2 Å². The van der Waals surface area contributed by atoms with Crippen LogP contribution in [0.25, 0.3) is 44.8 Å². The number of aromatic amines is 2. The molecule has 2 aliphatic heterocycles. The summed E-state index contributed by atoms with van der Waals surface area (Å²) in [5.41, 5.74) is 5.32. The van der Waals surface area contributed by atoms with Crippen LogP contribution in [-0.4, -0.2) is 91.2 Å². The lowest BCUT2D eigenvalue weighted by Gasteiger charge is -2.33. The van der Waals surface area contributed by atoms with Crippen molar-refractivity contribution in [1.82, 2.24) is 44.9 Å². The molecule has 2 aliphatic rings. The van der Waals surface area contributed by atoms with Gasteiger partial charge in [-0.05, 0) is 50.7 Å². The Balaban J connectivity index is 1.25. The molecule has 2 N–H and O–H groups in total. The van der Waals surface area contributed by atoms with E-state index in [0.29, 0.717) is 33.6 Å². The lowest BCUT2D eigenvalue weighted by atomic mass is 10.1. The molecular formula is C28H31FN10. The number of likely N-dealkylation sites (tertiary alicyclic amines) is 1. The molecule has 2 fully saturated rings. The second-order valence-electron chi connectivity index (χ2n) is 10.6. The number of fused-ring (bicyclic) bond motifs is 2. The molecule has 200 valence electrons. The van der Waals surface area contributed by atoms with Crippen LogP contribution in [0, 0.1) is 5.82 Å². The minimum Gasteiger partial charge on any atom is -0.367 e. The standard InChI is InChI=1S/C28H31FN10/c1-37-9-11-39(12-10-37)21-5-6-31-27-25(21)33-28(34-27)26-22-20(35-36-26)16-32-24(23(22)29)19-13-18(14-30-15-19)17-38-7-3-2-4-8-38/h5-6,13-16H,2-4,7-12,17H2,1H3,(H,35,36)(H,31,33,34). The van der Waals surface area contributed by atoms with Crippen LogP contribution < -0.4 is 4.90 Å². The fourth-order valence-electron chi connectivity index (χ4n) is 5.74. The normalized spacial score (nSPS) is 17.4. The highest BCUT2D eigenvalue weighted by Crippen LogP contribution is 2.34. The highest BCUT2D eigenvalue weighted by Gasteiger charge is 2.23. The number of hydrogen-bond donors (Lipinski definition) is 2. The van der Waals surface area contributed by atoms with Gasteiger partial charge in [0.1, 0.15) is 16.9 Å². The summed E-state index contributed by atoms with van der Waals surface area (Å²) in [6, 6.07) is 3.99. The van der Waals surface area contributed by atoms with Crippen molar-refractivity contribution < 1.29 is 4.39 Å². The summed E-state index contributed by atoms with van der Waals surface area (Å²) >= 11 is 0. The van der Waals surface area contributed by atoms with Crippen LogP contribution >= 0.6 is 0 Å². The van der Waals surface area contributed by atoms with E-state index in [9.17, 15) is 0 Å². The number of pyridine rings is 3. The molecule has 0 spiro atoms. The maximum absolute atomic E-state index is 16.2. The molecule has 7 heterocycles. The summed E-state index contributed by atoms with van der Waals surface area (Å²) in [4.78, 5) is 28.5. The Kier molecular flexibility index (Phi) is 6.16. The number of hydrogen-bond acceptors (Lipinski definition) is 8. The molecule has 5 aromatic rings. The number of anilines is 1. The monoisotopic (exact) mass is 526 g/mol. The van der Waals surface area contributed by atoms with E-state index in [1.165, 1.54) is 19.3 Å². The van der Waals surface area contributed by atoms with Crippen molar-refractivity contribution in [3.63, 3.8) is 0 Å². The van der Waals surface area contributed by atoms with Crippen molar-refractivity contribution >= 4 is 27.8 Å². The number of halogens is 1. The molecule has 0 bridgehead atoms. The van der Waals surface area contributed by atoms with E-state index >= 15 is 4.39 Å². The van der Waals surface area contributed by atoms with Crippen molar-refractivity contribution in [2.45, 2.75) is 25.8 Å². The van der Waals surface area contributed by atoms with Crippen LogP contribution in [0.1, 0.15) is 24.8 Å². The highest BCUT2D eigenvalue weighted by atomic mass is 19.1. The molecule has 10 nitrogen and oxygen atoms in total. The Bertz CT molecular complexity index is 1630. The average molecular weight is 527 g/mol. The van der Waals surface area contributed by atoms with E-state index in [0.717, 1.165) is 62.6 Å². The van der Waals surface area contributed by atoms with E-state index < -0.39 is 5.82 Å². The molecule has 2 saturated heterocycles. The summed E-state index contributed by atoms with van der Waals surface area (Å²) < 4.78 is 16.2. The zero-order valence-corrected chi connectivity index (χ0v) is 22.0. The van der Waals surface area contributed by atoms with Gasteiger partial charge in [0.2, 0.25) is 0 Å². The number of rotatable bonds is 5. The zero-order chi connectivity index (χ0) is 26.3. The largest absolute Gasteiger partial charge is 0.367 e. The van der Waals surface area contributed by atoms with E-state index in [-0.39, 0.29) is 5.69 Å². The van der Waals surface area contributed by atoms with Gasteiger partial charge >= 0.3 is 0 Å². The first-order valence-electron chi connectivity index (χ1n) is 13.6. The molecule has 0 radical (unpaired) electrons. The smallest absolute Gasteiger partial charge is 0.161 e. The number of aromatic nitrogens is 7. The predicted octanol–water partition coefficient (Wildman–Crippen LogP) is 3.84. The van der Waals surface area contributed by atoms with Gasteiger partial charge in [0, 0.05) is 56.9 Å². The van der Waals surface area contributed by atoms with E-state index in [2.05, 4.69) is 51.9 Å². The van der Waals surface area contributed by atoms with Gasteiger partial charge in [0.25, 0.3) is 0 Å². The Morgan fingerprint density at radius 1 is 0.949 bits per heavy atom. The lowest BCUT2D eigenvalue weighted by Crippen LogP contribution is -2.44. The molecule has 0 atom stereocenters. The second-order valence-corrected chi connectivity index (χ2v) is 10.6. The van der Waals surface area contributed by atoms with Gasteiger partial charge < -0.3 is 14.8 Å². The molecule has 0 saturated carbocycles. The van der Waals surface area contributed by atoms with Crippen LogP contribution in [0.5, 0.6) is 0 Å². The minimum atomic E-state index is -0.444. The van der Waals surface area contributed by atoms with Crippen molar-refractivity contribution in [3.05, 3.63) is 48.3 Å². The quantitative estimate of drug-likeness (QED) is 0.356. The zero-order valence-electron chi connectivity index (χ0n) is 22.0. The van der Waals surface area contributed by atoms with E-state index in [1.807, 2.05) is 18.3 Å². The second kappa shape index (κ2) is 9.97. The van der Waals surface area contributed by atoms with Crippen LogP contribution in [-0.2, 0) is 6.54 Å². The molecule has 0 unspecified atom stereocenters. The summed E-state index contributed by atoms with van der Waals surface area (Å²) in [6.07, 6.45) is 10.7. The maximum Gasteiger partial charge on any atom is 0.161 e. The van der Waals surface area contributed by atoms with E-state index in [4.69, 9.17) is 4.98 Å². The Hall–Kier alpha value is -3.96. The number of piperidine rings is 1. The molecule has 11 heteroatoms. The number of imidazole rings is 1.